The maximum Gasteiger partial charge on any atom is 0.0801 e. The predicted molar refractivity (Wildman–Crippen MR) is 60.7 cm³/mol. The van der Waals surface area contributed by atoms with Crippen LogP contribution in [0.2, 0.25) is 0 Å². The van der Waals surface area contributed by atoms with E-state index in [4.69, 9.17) is 18.6 Å². The van der Waals surface area contributed by atoms with Crippen molar-refractivity contribution in [2.24, 2.45) is 0 Å². The highest BCUT2D eigenvalue weighted by Gasteiger charge is 2.01. The smallest absolute Gasteiger partial charge is 0.0801 e. The summed E-state index contributed by atoms with van der Waals surface area (Å²) in [6.07, 6.45) is 10.5. The highest BCUT2D eigenvalue weighted by Crippen LogP contribution is 2.15. The second-order valence-electron chi connectivity index (χ2n) is 2.86. The van der Waals surface area contributed by atoms with Gasteiger partial charge >= 0.3 is 0 Å². The molecule has 0 amide bonds. The summed E-state index contributed by atoms with van der Waals surface area (Å²) in [4.78, 5) is 1.93. The summed E-state index contributed by atoms with van der Waals surface area (Å²) in [6.45, 7) is 1.02. The van der Waals surface area contributed by atoms with Crippen LogP contribution in [0.15, 0.2) is 24.3 Å². The maximum absolute atomic E-state index is 5.58. The molecule has 0 saturated heterocycles. The van der Waals surface area contributed by atoms with Crippen molar-refractivity contribution in [2.75, 3.05) is 23.7 Å². The molecule has 0 aliphatic carbocycles. The molecule has 2 heteroatoms. The van der Waals surface area contributed by atoms with Gasteiger partial charge in [0, 0.05) is 11.4 Å². The third-order valence-electron chi connectivity index (χ3n) is 1.82. The molecule has 0 saturated carbocycles. The molecular formula is C12H12N2. The Bertz CT molecular complexity index is 349. The van der Waals surface area contributed by atoms with E-state index in [0.29, 0.717) is 13.1 Å². The monoisotopic (exact) mass is 184 g/mol. The van der Waals surface area contributed by atoms with Gasteiger partial charge in [0.05, 0.1) is 13.1 Å². The molecule has 0 radical (unpaired) electrons. The molecule has 0 bridgehead atoms. The molecule has 0 fully saturated rings. The normalized spacial score (nSPS) is 8.71. The molecule has 0 heterocycles. The quantitative estimate of drug-likeness (QED) is 0.567. The molecule has 2 N–H and O–H groups in total. The summed E-state index contributed by atoms with van der Waals surface area (Å²) in [5.41, 5.74) is 7.30. The fraction of sp³-hybridized carbons (Fsp3) is 0.167. The SMILES string of the molecule is C#CCN(CC#C)c1ccc(N)cc1. The summed E-state index contributed by atoms with van der Waals surface area (Å²) in [5, 5.41) is 0. The Morgan fingerprint density at radius 3 is 2.00 bits per heavy atom. The standard InChI is InChI=1S/C12H12N2/c1-3-9-14(10-4-2)12-7-5-11(13)6-8-12/h1-2,5-8H,9-10,13H2. The average Bonchev–Trinajstić information content (AvgIpc) is 2.19. The minimum Gasteiger partial charge on any atom is -0.399 e. The average molecular weight is 184 g/mol. The van der Waals surface area contributed by atoms with Crippen LogP contribution in [0.1, 0.15) is 0 Å². The van der Waals surface area contributed by atoms with Crippen LogP contribution in [0.5, 0.6) is 0 Å². The minimum atomic E-state index is 0.508. The van der Waals surface area contributed by atoms with Gasteiger partial charge in [0.2, 0.25) is 0 Å². The summed E-state index contributed by atoms with van der Waals surface area (Å²) in [6, 6.07) is 7.47. The number of terminal acetylenes is 2. The molecular weight excluding hydrogens is 172 g/mol. The van der Waals surface area contributed by atoms with Crippen molar-refractivity contribution in [2.45, 2.75) is 0 Å². The third kappa shape index (κ3) is 2.47. The Hall–Kier alpha value is -2.06. The number of nitrogen functional groups attached to an aromatic ring is 1. The van der Waals surface area contributed by atoms with Gasteiger partial charge < -0.3 is 10.6 Å². The van der Waals surface area contributed by atoms with E-state index in [2.05, 4.69) is 11.8 Å². The largest absolute Gasteiger partial charge is 0.399 e. The minimum absolute atomic E-state index is 0.508. The molecule has 1 aromatic rings. The lowest BCUT2D eigenvalue weighted by molar-refractivity contribution is 0.986. The van der Waals surface area contributed by atoms with Gasteiger partial charge in [-0.05, 0) is 24.3 Å². The van der Waals surface area contributed by atoms with Crippen molar-refractivity contribution in [1.29, 1.82) is 0 Å². The Labute approximate surface area is 84.7 Å². The van der Waals surface area contributed by atoms with Crippen LogP contribution in [-0.4, -0.2) is 13.1 Å². The van der Waals surface area contributed by atoms with Crippen LogP contribution >= 0.6 is 0 Å². The number of hydrogen-bond acceptors (Lipinski definition) is 2. The van der Waals surface area contributed by atoms with E-state index in [0.717, 1.165) is 11.4 Å². The van der Waals surface area contributed by atoms with Gasteiger partial charge in [-0.2, -0.15) is 0 Å². The highest BCUT2D eigenvalue weighted by atomic mass is 15.1. The van der Waals surface area contributed by atoms with E-state index in [1.54, 1.807) is 0 Å². The van der Waals surface area contributed by atoms with Crippen molar-refractivity contribution in [3.8, 4) is 24.7 Å². The molecule has 0 aliphatic heterocycles. The first-order chi connectivity index (χ1) is 6.77. The van der Waals surface area contributed by atoms with Crippen LogP contribution < -0.4 is 10.6 Å². The molecule has 0 unspecified atom stereocenters. The van der Waals surface area contributed by atoms with Gasteiger partial charge in [-0.25, -0.2) is 0 Å². The lowest BCUT2D eigenvalue weighted by Gasteiger charge is -2.19. The van der Waals surface area contributed by atoms with Gasteiger partial charge in [-0.1, -0.05) is 11.8 Å². The lowest BCUT2D eigenvalue weighted by atomic mass is 10.2. The van der Waals surface area contributed by atoms with Gasteiger partial charge in [0.25, 0.3) is 0 Å². The van der Waals surface area contributed by atoms with E-state index in [9.17, 15) is 0 Å². The van der Waals surface area contributed by atoms with Crippen molar-refractivity contribution in [3.05, 3.63) is 24.3 Å². The molecule has 1 rings (SSSR count). The molecule has 1 aromatic carbocycles. The Morgan fingerprint density at radius 2 is 1.57 bits per heavy atom. The topological polar surface area (TPSA) is 29.3 Å². The van der Waals surface area contributed by atoms with Gasteiger partial charge in [0.1, 0.15) is 0 Å². The van der Waals surface area contributed by atoms with Crippen molar-refractivity contribution in [1.82, 2.24) is 0 Å². The fourth-order valence-corrected chi connectivity index (χ4v) is 1.14. The molecule has 0 spiro atoms. The van der Waals surface area contributed by atoms with E-state index in [1.165, 1.54) is 0 Å². The number of rotatable bonds is 3. The molecule has 14 heavy (non-hydrogen) atoms. The van der Waals surface area contributed by atoms with Gasteiger partial charge in [-0.15, -0.1) is 12.8 Å². The summed E-state index contributed by atoms with van der Waals surface area (Å²) in [5.74, 6) is 5.13. The number of nitrogens with two attached hydrogens (primary N) is 1. The molecule has 0 aromatic heterocycles. The van der Waals surface area contributed by atoms with Gasteiger partial charge in [0.15, 0.2) is 0 Å². The van der Waals surface area contributed by atoms with Crippen LogP contribution in [-0.2, 0) is 0 Å². The zero-order valence-corrected chi connectivity index (χ0v) is 7.90. The zero-order chi connectivity index (χ0) is 10.4. The first-order valence-electron chi connectivity index (χ1n) is 4.25. The van der Waals surface area contributed by atoms with Crippen molar-refractivity contribution < 1.29 is 0 Å². The van der Waals surface area contributed by atoms with E-state index in [1.807, 2.05) is 29.2 Å². The predicted octanol–water partition coefficient (Wildman–Crippen LogP) is 1.34. The molecule has 2 nitrogen and oxygen atoms in total. The van der Waals surface area contributed by atoms with Crippen LogP contribution in [0, 0.1) is 24.7 Å². The van der Waals surface area contributed by atoms with E-state index in [-0.39, 0.29) is 0 Å². The third-order valence-corrected chi connectivity index (χ3v) is 1.82. The molecule has 70 valence electrons. The van der Waals surface area contributed by atoms with Crippen molar-refractivity contribution in [3.63, 3.8) is 0 Å². The van der Waals surface area contributed by atoms with E-state index >= 15 is 0 Å². The second kappa shape index (κ2) is 4.84. The Morgan fingerprint density at radius 1 is 1.07 bits per heavy atom. The first kappa shape index (κ1) is 10.0. The maximum atomic E-state index is 5.58. The number of anilines is 2. The summed E-state index contributed by atoms with van der Waals surface area (Å²) < 4.78 is 0. The van der Waals surface area contributed by atoms with Crippen LogP contribution in [0.25, 0.3) is 0 Å². The summed E-state index contributed by atoms with van der Waals surface area (Å²) >= 11 is 0. The van der Waals surface area contributed by atoms with Crippen LogP contribution in [0.3, 0.4) is 0 Å². The molecule has 0 atom stereocenters. The molecule has 0 aliphatic rings. The number of nitrogens with zero attached hydrogens (tertiary/aromatic N) is 1. The zero-order valence-electron chi connectivity index (χ0n) is 7.90. The number of benzene rings is 1. The van der Waals surface area contributed by atoms with Gasteiger partial charge in [-0.3, -0.25) is 0 Å². The highest BCUT2D eigenvalue weighted by molar-refractivity contribution is 5.54. The van der Waals surface area contributed by atoms with Crippen LogP contribution in [0.4, 0.5) is 11.4 Å². The second-order valence-corrected chi connectivity index (χ2v) is 2.86. The Balaban J connectivity index is 2.84. The Kier molecular flexibility index (Phi) is 3.47. The van der Waals surface area contributed by atoms with E-state index < -0.39 is 0 Å². The summed E-state index contributed by atoms with van der Waals surface area (Å²) in [7, 11) is 0. The lowest BCUT2D eigenvalue weighted by Crippen LogP contribution is -2.23. The number of hydrogen-bond donors (Lipinski definition) is 1. The first-order valence-corrected chi connectivity index (χ1v) is 4.25. The van der Waals surface area contributed by atoms with Crippen molar-refractivity contribution >= 4 is 11.4 Å². The fourth-order valence-electron chi connectivity index (χ4n) is 1.14.